The maximum absolute atomic E-state index is 12.4. The number of rotatable bonds is 9. The van der Waals surface area contributed by atoms with Crippen LogP contribution < -0.4 is 9.62 Å². The molecule has 7 heteroatoms. The molecule has 0 spiro atoms. The van der Waals surface area contributed by atoms with E-state index in [9.17, 15) is 8.42 Å². The van der Waals surface area contributed by atoms with Crippen LogP contribution in [0.3, 0.4) is 0 Å². The third-order valence-corrected chi connectivity index (χ3v) is 6.67. The summed E-state index contributed by atoms with van der Waals surface area (Å²) in [6.45, 7) is 8.23. The number of sulfonamides is 1. The normalized spacial score (nSPS) is 11.5. The maximum Gasteiger partial charge on any atom is 0.272 e. The zero-order valence-corrected chi connectivity index (χ0v) is 16.1. The predicted octanol–water partition coefficient (Wildman–Crippen LogP) is 4.13. The molecule has 5 nitrogen and oxygen atoms in total. The lowest BCUT2D eigenvalue weighted by Gasteiger charge is -2.23. The third-order valence-electron chi connectivity index (χ3n) is 3.59. The van der Waals surface area contributed by atoms with Crippen LogP contribution in [-0.2, 0) is 16.4 Å². The molecule has 0 saturated carbocycles. The van der Waals surface area contributed by atoms with Crippen LogP contribution in [0.5, 0.6) is 0 Å². The van der Waals surface area contributed by atoms with Crippen LogP contribution in [0, 0.1) is 0 Å². The summed E-state index contributed by atoms with van der Waals surface area (Å²) in [4.78, 5) is 7.59. The Kier molecular flexibility index (Phi) is 6.62. The zero-order valence-electron chi connectivity index (χ0n) is 14.4. The van der Waals surface area contributed by atoms with E-state index in [0.29, 0.717) is 10.0 Å². The first kappa shape index (κ1) is 18.7. The molecule has 0 aliphatic carbocycles. The van der Waals surface area contributed by atoms with Crippen molar-refractivity contribution in [3.63, 3.8) is 0 Å². The van der Waals surface area contributed by atoms with Gasteiger partial charge in [0.15, 0.2) is 0 Å². The van der Waals surface area contributed by atoms with E-state index >= 15 is 0 Å². The molecular formula is C17H25N3O2S2. The number of aromatic nitrogens is 1. The van der Waals surface area contributed by atoms with Crippen LogP contribution in [0.2, 0.25) is 0 Å². The van der Waals surface area contributed by atoms with Crippen LogP contribution >= 0.6 is 11.3 Å². The van der Waals surface area contributed by atoms with Gasteiger partial charge in [0, 0.05) is 18.0 Å². The predicted molar refractivity (Wildman–Crippen MR) is 102 cm³/mol. The van der Waals surface area contributed by atoms with Crippen LogP contribution in [0.15, 0.2) is 34.7 Å². The first-order chi connectivity index (χ1) is 11.5. The second kappa shape index (κ2) is 8.48. The molecule has 0 aromatic carbocycles. The fourth-order valence-electron chi connectivity index (χ4n) is 2.42. The molecule has 0 unspecified atom stereocenters. The Morgan fingerprint density at radius 2 is 1.79 bits per heavy atom. The Hall–Kier alpha value is -1.60. The molecule has 2 rings (SSSR count). The molecule has 0 amide bonds. The molecule has 24 heavy (non-hydrogen) atoms. The number of hydrogen-bond donors (Lipinski definition) is 1. The van der Waals surface area contributed by atoms with Gasteiger partial charge in [0.25, 0.3) is 10.0 Å². The minimum atomic E-state index is -3.56. The fourth-order valence-corrected chi connectivity index (χ4v) is 4.73. The van der Waals surface area contributed by atoms with E-state index in [1.54, 1.807) is 18.3 Å². The largest absolute Gasteiger partial charge is 0.370 e. The van der Waals surface area contributed by atoms with Gasteiger partial charge < -0.3 is 4.90 Å². The monoisotopic (exact) mass is 367 g/mol. The number of thiophene rings is 1. The minimum absolute atomic E-state index is 0.323. The van der Waals surface area contributed by atoms with Gasteiger partial charge in [-0.3, -0.25) is 4.72 Å². The van der Waals surface area contributed by atoms with E-state index in [1.807, 2.05) is 19.1 Å². The lowest BCUT2D eigenvalue weighted by molar-refractivity contribution is 0.603. The summed E-state index contributed by atoms with van der Waals surface area (Å²) < 4.78 is 27.7. The summed E-state index contributed by atoms with van der Waals surface area (Å²) >= 11 is 1.29. The molecule has 2 aromatic heterocycles. The van der Waals surface area contributed by atoms with Gasteiger partial charge in [-0.25, -0.2) is 13.4 Å². The highest BCUT2D eigenvalue weighted by Crippen LogP contribution is 2.24. The molecule has 0 fully saturated rings. The topological polar surface area (TPSA) is 62.3 Å². The van der Waals surface area contributed by atoms with Crippen LogP contribution in [0.1, 0.15) is 38.5 Å². The van der Waals surface area contributed by atoms with Crippen LogP contribution in [0.25, 0.3) is 0 Å². The molecule has 0 radical (unpaired) electrons. The van der Waals surface area contributed by atoms with Crippen molar-refractivity contribution in [2.75, 3.05) is 22.7 Å². The SMILES string of the molecule is CCCN(CCC)c1ccc(NS(=O)(=O)c2ccc(CC)s2)nc1. The Morgan fingerprint density at radius 3 is 2.29 bits per heavy atom. The Labute approximate surface area is 148 Å². The van der Waals surface area contributed by atoms with Crippen molar-refractivity contribution in [2.24, 2.45) is 0 Å². The second-order valence-electron chi connectivity index (χ2n) is 5.57. The number of nitrogens with one attached hydrogen (secondary N) is 1. The number of pyridine rings is 1. The van der Waals surface area contributed by atoms with Crippen molar-refractivity contribution in [2.45, 2.75) is 44.2 Å². The zero-order chi connectivity index (χ0) is 17.6. The van der Waals surface area contributed by atoms with Gasteiger partial charge in [0.2, 0.25) is 0 Å². The fraction of sp³-hybridized carbons (Fsp3) is 0.471. The van der Waals surface area contributed by atoms with Crippen molar-refractivity contribution in [1.29, 1.82) is 0 Å². The van der Waals surface area contributed by atoms with Gasteiger partial charge in [-0.15, -0.1) is 11.3 Å². The number of aryl methyl sites for hydroxylation is 1. The summed E-state index contributed by atoms with van der Waals surface area (Å²) in [5, 5.41) is 0. The Morgan fingerprint density at radius 1 is 1.08 bits per heavy atom. The molecule has 1 N–H and O–H groups in total. The lowest BCUT2D eigenvalue weighted by Crippen LogP contribution is -2.25. The van der Waals surface area contributed by atoms with Gasteiger partial charge in [-0.2, -0.15) is 0 Å². The standard InChI is InChI=1S/C17H25N3O2S2/c1-4-11-20(12-5-2)14-7-9-16(18-13-14)19-24(21,22)17-10-8-15(6-3)23-17/h7-10,13H,4-6,11-12H2,1-3H3,(H,18,19). The third kappa shape index (κ3) is 4.70. The van der Waals surface area contributed by atoms with Crippen molar-refractivity contribution >= 4 is 32.9 Å². The smallest absolute Gasteiger partial charge is 0.272 e. The lowest BCUT2D eigenvalue weighted by atomic mass is 10.3. The molecule has 0 bridgehead atoms. The van der Waals surface area contributed by atoms with E-state index in [-0.39, 0.29) is 0 Å². The van der Waals surface area contributed by atoms with E-state index < -0.39 is 10.0 Å². The van der Waals surface area contributed by atoms with E-state index in [1.165, 1.54) is 11.3 Å². The number of anilines is 2. The minimum Gasteiger partial charge on any atom is -0.370 e. The second-order valence-corrected chi connectivity index (χ2v) is 8.65. The van der Waals surface area contributed by atoms with Crippen molar-refractivity contribution < 1.29 is 8.42 Å². The summed E-state index contributed by atoms with van der Waals surface area (Å²) in [7, 11) is -3.56. The van der Waals surface area contributed by atoms with Gasteiger partial charge >= 0.3 is 0 Å². The van der Waals surface area contributed by atoms with Gasteiger partial charge in [0.05, 0.1) is 11.9 Å². The maximum atomic E-state index is 12.4. The molecular weight excluding hydrogens is 342 g/mol. The summed E-state index contributed by atoms with van der Waals surface area (Å²) in [5.74, 6) is 0.346. The summed E-state index contributed by atoms with van der Waals surface area (Å²) in [6, 6.07) is 7.13. The average Bonchev–Trinajstić information content (AvgIpc) is 3.05. The number of hydrogen-bond acceptors (Lipinski definition) is 5. The molecule has 0 atom stereocenters. The highest BCUT2D eigenvalue weighted by molar-refractivity contribution is 7.94. The molecule has 2 aromatic rings. The van der Waals surface area contributed by atoms with Crippen molar-refractivity contribution in [3.05, 3.63) is 35.3 Å². The van der Waals surface area contributed by atoms with Gasteiger partial charge in [-0.1, -0.05) is 20.8 Å². The Bertz CT molecular complexity index is 733. The molecule has 2 heterocycles. The van der Waals surface area contributed by atoms with Gasteiger partial charge in [0.1, 0.15) is 10.0 Å². The highest BCUT2D eigenvalue weighted by atomic mass is 32.2. The van der Waals surface area contributed by atoms with Crippen LogP contribution in [-0.4, -0.2) is 26.5 Å². The molecule has 0 aliphatic rings. The first-order valence-corrected chi connectivity index (χ1v) is 10.6. The van der Waals surface area contributed by atoms with Crippen LogP contribution in [0.4, 0.5) is 11.5 Å². The molecule has 0 saturated heterocycles. The van der Waals surface area contributed by atoms with E-state index in [2.05, 4.69) is 28.5 Å². The molecule has 0 aliphatic heterocycles. The quantitative estimate of drug-likeness (QED) is 0.724. The Balaban J connectivity index is 2.12. The first-order valence-electron chi connectivity index (χ1n) is 8.32. The average molecular weight is 368 g/mol. The van der Waals surface area contributed by atoms with Gasteiger partial charge in [-0.05, 0) is 43.5 Å². The number of nitrogens with zero attached hydrogens (tertiary/aromatic N) is 2. The summed E-state index contributed by atoms with van der Waals surface area (Å²) in [5.41, 5.74) is 1.02. The molecule has 132 valence electrons. The van der Waals surface area contributed by atoms with E-state index in [4.69, 9.17) is 0 Å². The highest BCUT2D eigenvalue weighted by Gasteiger charge is 2.17. The van der Waals surface area contributed by atoms with Crippen molar-refractivity contribution in [3.8, 4) is 0 Å². The summed E-state index contributed by atoms with van der Waals surface area (Å²) in [6.07, 6.45) is 4.69. The van der Waals surface area contributed by atoms with E-state index in [0.717, 1.165) is 42.9 Å². The van der Waals surface area contributed by atoms with Crippen molar-refractivity contribution in [1.82, 2.24) is 4.98 Å².